The van der Waals surface area contributed by atoms with Crippen LogP contribution in [0.1, 0.15) is 38.1 Å². The van der Waals surface area contributed by atoms with Gasteiger partial charge in [-0.1, -0.05) is 11.6 Å². The van der Waals surface area contributed by atoms with Crippen molar-refractivity contribution in [1.82, 2.24) is 19.4 Å². The van der Waals surface area contributed by atoms with Crippen LogP contribution in [0.2, 0.25) is 5.02 Å². The van der Waals surface area contributed by atoms with Crippen molar-refractivity contribution >= 4 is 39.6 Å². The van der Waals surface area contributed by atoms with Gasteiger partial charge in [-0.2, -0.15) is 5.26 Å². The molecule has 0 saturated heterocycles. The second-order valence-electron chi connectivity index (χ2n) is 9.75. The summed E-state index contributed by atoms with van der Waals surface area (Å²) >= 11 is 6.57. The lowest BCUT2D eigenvalue weighted by Gasteiger charge is -2.20. The number of ether oxygens (including phenoxy) is 2. The summed E-state index contributed by atoms with van der Waals surface area (Å²) in [6.45, 7) is 6.35. The van der Waals surface area contributed by atoms with Gasteiger partial charge in [0.15, 0.2) is 0 Å². The third-order valence-electron chi connectivity index (χ3n) is 6.49. The third-order valence-corrected chi connectivity index (χ3v) is 6.79. The summed E-state index contributed by atoms with van der Waals surface area (Å²) in [5.41, 5.74) is 2.86. The number of fused-ring (bicyclic) bond motifs is 1. The number of aryl methyl sites for hydroxylation is 1. The molecule has 0 saturated carbocycles. The number of nitrogens with one attached hydrogen (secondary N) is 2. The number of aliphatic hydroxyl groups is 1. The standard InChI is InChI=1S/C30H36ClN7O3/c1-5-38-13-11-33-28(38)19-41-26-10-9-21(14-23(26)31)35-30-20(17-32)18-34-24-16-27(40-6-2)25(15-22(24)30)36-29(39)8-7-12-37(3)4/h9-11,13-16,18,29,36,39H,5-8,12,19H2,1-4H3,(H,34,35). The van der Waals surface area contributed by atoms with Gasteiger partial charge in [-0.15, -0.1) is 0 Å². The molecule has 4 rings (SSSR count). The maximum atomic E-state index is 10.7. The van der Waals surface area contributed by atoms with Crippen molar-refractivity contribution in [3.05, 3.63) is 65.3 Å². The Morgan fingerprint density at radius 1 is 1.15 bits per heavy atom. The zero-order valence-corrected chi connectivity index (χ0v) is 24.6. The van der Waals surface area contributed by atoms with Crippen LogP contribution in [0.25, 0.3) is 10.9 Å². The predicted octanol–water partition coefficient (Wildman–Crippen LogP) is 5.77. The number of benzene rings is 2. The van der Waals surface area contributed by atoms with Crippen molar-refractivity contribution in [3.63, 3.8) is 0 Å². The Labute approximate surface area is 245 Å². The highest BCUT2D eigenvalue weighted by Gasteiger charge is 2.17. The highest BCUT2D eigenvalue weighted by atomic mass is 35.5. The second-order valence-corrected chi connectivity index (χ2v) is 10.2. The highest BCUT2D eigenvalue weighted by Crippen LogP contribution is 2.37. The molecule has 216 valence electrons. The molecule has 0 bridgehead atoms. The minimum absolute atomic E-state index is 0.292. The number of hydrogen-bond donors (Lipinski definition) is 3. The maximum Gasteiger partial charge on any atom is 0.146 e. The van der Waals surface area contributed by atoms with E-state index in [9.17, 15) is 10.4 Å². The zero-order chi connectivity index (χ0) is 29.4. The van der Waals surface area contributed by atoms with Crippen molar-refractivity contribution in [1.29, 1.82) is 5.26 Å². The van der Waals surface area contributed by atoms with E-state index in [0.29, 0.717) is 69.7 Å². The molecule has 0 aliphatic carbocycles. The number of anilines is 3. The molecule has 0 amide bonds. The van der Waals surface area contributed by atoms with Crippen LogP contribution >= 0.6 is 11.6 Å². The molecule has 1 unspecified atom stereocenters. The van der Waals surface area contributed by atoms with Gasteiger partial charge in [0.1, 0.15) is 36.2 Å². The SMILES string of the molecule is CCOc1cc2ncc(C#N)c(Nc3ccc(OCc4nccn4CC)c(Cl)c3)c2cc1NC(O)CCCN(C)C. The Balaban J connectivity index is 1.61. The van der Waals surface area contributed by atoms with Gasteiger partial charge in [0, 0.05) is 42.3 Å². The van der Waals surface area contributed by atoms with Gasteiger partial charge in [-0.05, 0) is 71.6 Å². The summed E-state index contributed by atoms with van der Waals surface area (Å²) in [5, 5.41) is 28.2. The molecule has 0 aliphatic heterocycles. The molecule has 2 aromatic heterocycles. The van der Waals surface area contributed by atoms with E-state index in [-0.39, 0.29) is 0 Å². The molecule has 0 radical (unpaired) electrons. The second kappa shape index (κ2) is 14.0. The molecule has 2 heterocycles. The Morgan fingerprint density at radius 3 is 2.68 bits per heavy atom. The lowest BCUT2D eigenvalue weighted by molar-refractivity contribution is 0.184. The Kier molecular flexibility index (Phi) is 10.2. The van der Waals surface area contributed by atoms with Crippen LogP contribution in [0, 0.1) is 11.3 Å². The van der Waals surface area contributed by atoms with E-state index in [1.807, 2.05) is 56.9 Å². The Morgan fingerprint density at radius 2 is 1.98 bits per heavy atom. The number of aromatic nitrogens is 3. The largest absolute Gasteiger partial charge is 0.492 e. The number of nitrogens with zero attached hydrogens (tertiary/aromatic N) is 5. The van der Waals surface area contributed by atoms with Gasteiger partial charge < -0.3 is 34.7 Å². The van der Waals surface area contributed by atoms with Gasteiger partial charge in [-0.25, -0.2) is 4.98 Å². The van der Waals surface area contributed by atoms with Crippen LogP contribution in [0.3, 0.4) is 0 Å². The quantitative estimate of drug-likeness (QED) is 0.160. The molecular weight excluding hydrogens is 542 g/mol. The van der Waals surface area contributed by atoms with E-state index in [2.05, 4.69) is 31.6 Å². The van der Waals surface area contributed by atoms with E-state index >= 15 is 0 Å². The Bertz CT molecular complexity index is 1520. The fourth-order valence-electron chi connectivity index (χ4n) is 4.43. The van der Waals surface area contributed by atoms with Crippen molar-refractivity contribution < 1.29 is 14.6 Å². The highest BCUT2D eigenvalue weighted by molar-refractivity contribution is 6.32. The van der Waals surface area contributed by atoms with Gasteiger partial charge >= 0.3 is 0 Å². The molecule has 0 aliphatic rings. The predicted molar refractivity (Wildman–Crippen MR) is 162 cm³/mol. The summed E-state index contributed by atoms with van der Waals surface area (Å²) in [4.78, 5) is 10.9. The van der Waals surface area contributed by atoms with Crippen LogP contribution < -0.4 is 20.1 Å². The molecule has 3 N–H and O–H groups in total. The first-order valence-electron chi connectivity index (χ1n) is 13.6. The smallest absolute Gasteiger partial charge is 0.146 e. The van der Waals surface area contributed by atoms with E-state index in [1.165, 1.54) is 6.20 Å². The monoisotopic (exact) mass is 577 g/mol. The molecule has 0 fully saturated rings. The molecular formula is C30H36ClN7O3. The first kappa shape index (κ1) is 29.9. The first-order valence-corrected chi connectivity index (χ1v) is 14.0. The summed E-state index contributed by atoms with van der Waals surface area (Å²) < 4.78 is 13.8. The van der Waals surface area contributed by atoms with Gasteiger partial charge in [0.05, 0.1) is 34.1 Å². The Hall–Kier alpha value is -4.04. The maximum absolute atomic E-state index is 10.7. The molecule has 1 atom stereocenters. The summed E-state index contributed by atoms with van der Waals surface area (Å²) in [6, 6.07) is 11.2. The lowest BCUT2D eigenvalue weighted by atomic mass is 10.1. The molecule has 41 heavy (non-hydrogen) atoms. The molecule has 0 spiro atoms. The number of aliphatic hydroxyl groups excluding tert-OH is 1. The van der Waals surface area contributed by atoms with Gasteiger partial charge in [0.25, 0.3) is 0 Å². The summed E-state index contributed by atoms with van der Waals surface area (Å²) in [6.07, 6.45) is 5.80. The van der Waals surface area contributed by atoms with Crippen LogP contribution in [-0.2, 0) is 13.2 Å². The van der Waals surface area contributed by atoms with Crippen LogP contribution in [0.4, 0.5) is 17.1 Å². The van der Waals surface area contributed by atoms with Gasteiger partial charge in [-0.3, -0.25) is 4.98 Å². The number of halogens is 1. The molecule has 2 aromatic carbocycles. The van der Waals surface area contributed by atoms with E-state index < -0.39 is 6.23 Å². The third kappa shape index (κ3) is 7.58. The fraction of sp³-hybridized carbons (Fsp3) is 0.367. The minimum atomic E-state index is -0.767. The van der Waals surface area contributed by atoms with Crippen molar-refractivity contribution in [2.45, 2.75) is 46.1 Å². The van der Waals surface area contributed by atoms with Crippen molar-refractivity contribution in [2.75, 3.05) is 37.9 Å². The number of hydrogen-bond acceptors (Lipinski definition) is 9. The van der Waals surface area contributed by atoms with Crippen LogP contribution in [-0.4, -0.2) is 58.0 Å². The van der Waals surface area contributed by atoms with E-state index in [4.69, 9.17) is 21.1 Å². The minimum Gasteiger partial charge on any atom is -0.492 e. The number of rotatable bonds is 14. The average molecular weight is 578 g/mol. The zero-order valence-electron chi connectivity index (χ0n) is 23.8. The van der Waals surface area contributed by atoms with E-state index in [0.717, 1.165) is 25.3 Å². The average Bonchev–Trinajstić information content (AvgIpc) is 3.41. The van der Waals surface area contributed by atoms with Crippen molar-refractivity contribution in [2.24, 2.45) is 0 Å². The van der Waals surface area contributed by atoms with E-state index in [1.54, 1.807) is 18.3 Å². The normalized spacial score (nSPS) is 11.9. The molecule has 4 aromatic rings. The first-order chi connectivity index (χ1) is 19.8. The number of pyridine rings is 1. The lowest BCUT2D eigenvalue weighted by Crippen LogP contribution is -2.22. The number of imidazole rings is 1. The summed E-state index contributed by atoms with van der Waals surface area (Å²) in [7, 11) is 4.00. The van der Waals surface area contributed by atoms with Crippen LogP contribution in [0.5, 0.6) is 11.5 Å². The topological polar surface area (TPSA) is 120 Å². The van der Waals surface area contributed by atoms with Crippen molar-refractivity contribution in [3.8, 4) is 17.6 Å². The van der Waals surface area contributed by atoms with Gasteiger partial charge in [0.2, 0.25) is 0 Å². The number of nitriles is 1. The summed E-state index contributed by atoms with van der Waals surface area (Å²) in [5.74, 6) is 1.91. The molecule has 11 heteroatoms. The van der Waals surface area contributed by atoms with Crippen LogP contribution in [0.15, 0.2) is 48.9 Å². The fourth-order valence-corrected chi connectivity index (χ4v) is 4.67. The molecule has 10 nitrogen and oxygen atoms in total.